The fourth-order valence-corrected chi connectivity index (χ4v) is 4.78. The van der Waals surface area contributed by atoms with E-state index in [1.54, 1.807) is 0 Å². The number of hydrazone groups is 1. The van der Waals surface area contributed by atoms with Crippen LogP contribution in [0.4, 0.5) is 5.69 Å². The van der Waals surface area contributed by atoms with Crippen LogP contribution in [0.2, 0.25) is 0 Å². The van der Waals surface area contributed by atoms with Gasteiger partial charge in [-0.25, -0.2) is 0 Å². The highest BCUT2D eigenvalue weighted by molar-refractivity contribution is 8.16. The predicted molar refractivity (Wildman–Crippen MR) is 109 cm³/mol. The summed E-state index contributed by atoms with van der Waals surface area (Å²) < 4.78 is 0. The number of hydrogen-bond donors (Lipinski definition) is 1. The molecule has 5 rings (SSSR count). The van der Waals surface area contributed by atoms with Crippen molar-refractivity contribution in [3.63, 3.8) is 0 Å². The van der Waals surface area contributed by atoms with E-state index < -0.39 is 4.87 Å². The topological polar surface area (TPSA) is 44.7 Å². The van der Waals surface area contributed by atoms with Crippen LogP contribution >= 0.6 is 11.8 Å². The molecular formula is C22H17N3OS. The average molecular weight is 371 g/mol. The number of hydrogen-bond acceptors (Lipinski definition) is 4. The maximum absolute atomic E-state index is 13.5. The molecule has 2 aliphatic heterocycles. The van der Waals surface area contributed by atoms with Crippen LogP contribution in [0, 0.1) is 0 Å². The second-order valence-electron chi connectivity index (χ2n) is 6.57. The molecule has 2 aliphatic rings. The van der Waals surface area contributed by atoms with E-state index >= 15 is 0 Å². The maximum Gasteiger partial charge on any atom is 0.270 e. The number of para-hydroxylation sites is 1. The zero-order valence-corrected chi connectivity index (χ0v) is 15.3. The van der Waals surface area contributed by atoms with Gasteiger partial charge in [-0.05, 0) is 11.6 Å². The zero-order valence-electron chi connectivity index (χ0n) is 14.5. The smallest absolute Gasteiger partial charge is 0.270 e. The lowest BCUT2D eigenvalue weighted by atomic mass is 10.1. The van der Waals surface area contributed by atoms with Crippen LogP contribution in [0.15, 0.2) is 90.0 Å². The molecular weight excluding hydrogens is 354 g/mol. The Bertz CT molecular complexity index is 1040. The number of rotatable bonds is 3. The Hall–Kier alpha value is -3.05. The number of fused-ring (bicyclic) bond motifs is 2. The number of benzene rings is 3. The van der Waals surface area contributed by atoms with E-state index in [0.717, 1.165) is 27.4 Å². The molecule has 3 aromatic rings. The molecule has 2 heterocycles. The van der Waals surface area contributed by atoms with Gasteiger partial charge >= 0.3 is 0 Å². The first-order chi connectivity index (χ1) is 13.3. The number of anilines is 1. The van der Waals surface area contributed by atoms with E-state index in [1.165, 1.54) is 11.8 Å². The monoisotopic (exact) mass is 371 g/mol. The molecule has 0 fully saturated rings. The summed E-state index contributed by atoms with van der Waals surface area (Å²) in [7, 11) is 0. The summed E-state index contributed by atoms with van der Waals surface area (Å²) in [6.45, 7) is 0.543. The van der Waals surface area contributed by atoms with Crippen molar-refractivity contribution >= 4 is 28.4 Å². The van der Waals surface area contributed by atoms with Crippen LogP contribution in [0.3, 0.4) is 0 Å². The highest BCUT2D eigenvalue weighted by Crippen LogP contribution is 2.50. The van der Waals surface area contributed by atoms with Crippen LogP contribution < -0.4 is 10.3 Å². The Kier molecular flexibility index (Phi) is 3.76. The largest absolute Gasteiger partial charge is 0.304 e. The number of amides is 1. The second-order valence-corrected chi connectivity index (χ2v) is 7.78. The van der Waals surface area contributed by atoms with Gasteiger partial charge in [0.05, 0.1) is 12.2 Å². The number of nitrogens with zero attached hydrogens (tertiary/aromatic N) is 2. The van der Waals surface area contributed by atoms with E-state index in [2.05, 4.69) is 10.5 Å². The van der Waals surface area contributed by atoms with Gasteiger partial charge in [0.25, 0.3) is 5.91 Å². The van der Waals surface area contributed by atoms with Crippen molar-refractivity contribution in [2.75, 3.05) is 4.90 Å². The first-order valence-corrected chi connectivity index (χ1v) is 9.64. The lowest BCUT2D eigenvalue weighted by Gasteiger charge is -2.22. The molecule has 0 aliphatic carbocycles. The number of nitrogens with one attached hydrogen (secondary N) is 1. The van der Waals surface area contributed by atoms with E-state index in [4.69, 9.17) is 0 Å². The van der Waals surface area contributed by atoms with E-state index in [-0.39, 0.29) is 5.91 Å². The van der Waals surface area contributed by atoms with Crippen LogP contribution in [0.5, 0.6) is 0 Å². The molecule has 1 spiro atoms. The standard InChI is InChI=1S/C22H17N3OS/c26-21-22(24-23-20(27-22)17-11-5-2-6-12-17)18-13-7-8-14-19(18)25(21)15-16-9-3-1-4-10-16/h1-14,24H,15H2. The third-order valence-corrected chi connectivity index (χ3v) is 6.20. The Balaban J connectivity index is 1.52. The summed E-state index contributed by atoms with van der Waals surface area (Å²) in [5.74, 6) is 0.0206. The first kappa shape index (κ1) is 16.1. The molecule has 1 amide bonds. The van der Waals surface area contributed by atoms with Gasteiger partial charge in [-0.3, -0.25) is 10.2 Å². The van der Waals surface area contributed by atoms with Crippen molar-refractivity contribution in [1.29, 1.82) is 0 Å². The Morgan fingerprint density at radius 1 is 0.889 bits per heavy atom. The lowest BCUT2D eigenvalue weighted by molar-refractivity contribution is -0.121. The number of carbonyl (C=O) groups excluding carboxylic acids is 1. The maximum atomic E-state index is 13.5. The Labute approximate surface area is 161 Å². The molecule has 3 aromatic carbocycles. The van der Waals surface area contributed by atoms with Gasteiger partial charge in [0.1, 0.15) is 5.04 Å². The molecule has 1 unspecified atom stereocenters. The summed E-state index contributed by atoms with van der Waals surface area (Å²) in [4.78, 5) is 14.5. The minimum atomic E-state index is -0.892. The third kappa shape index (κ3) is 2.54. The quantitative estimate of drug-likeness (QED) is 0.754. The van der Waals surface area contributed by atoms with Crippen molar-refractivity contribution in [3.05, 3.63) is 102 Å². The van der Waals surface area contributed by atoms with E-state index in [1.807, 2.05) is 89.8 Å². The summed E-state index contributed by atoms with van der Waals surface area (Å²) in [6.07, 6.45) is 0. The van der Waals surface area contributed by atoms with Gasteiger partial charge in [0.2, 0.25) is 4.87 Å². The van der Waals surface area contributed by atoms with Gasteiger partial charge in [-0.15, -0.1) is 0 Å². The van der Waals surface area contributed by atoms with Gasteiger partial charge in [-0.1, -0.05) is 90.6 Å². The number of carbonyl (C=O) groups is 1. The van der Waals surface area contributed by atoms with Crippen LogP contribution in [-0.4, -0.2) is 11.0 Å². The molecule has 4 nitrogen and oxygen atoms in total. The molecule has 5 heteroatoms. The van der Waals surface area contributed by atoms with Crippen molar-refractivity contribution in [2.45, 2.75) is 11.4 Å². The molecule has 1 atom stereocenters. The molecule has 27 heavy (non-hydrogen) atoms. The van der Waals surface area contributed by atoms with Gasteiger partial charge in [0, 0.05) is 11.1 Å². The van der Waals surface area contributed by atoms with E-state index in [0.29, 0.717) is 6.54 Å². The molecule has 0 saturated carbocycles. The SMILES string of the molecule is O=C1N(Cc2ccccc2)c2ccccc2C12NN=C(c1ccccc1)S2. The van der Waals surface area contributed by atoms with Gasteiger partial charge < -0.3 is 4.90 Å². The third-order valence-electron chi connectivity index (χ3n) is 4.89. The van der Waals surface area contributed by atoms with Crippen LogP contribution in [0.25, 0.3) is 0 Å². The second kappa shape index (κ2) is 6.28. The molecule has 1 N–H and O–H groups in total. The predicted octanol–water partition coefficient (Wildman–Crippen LogP) is 4.08. The normalized spacial score (nSPS) is 20.5. The van der Waals surface area contributed by atoms with Crippen LogP contribution in [0.1, 0.15) is 16.7 Å². The summed E-state index contributed by atoms with van der Waals surface area (Å²) in [5.41, 5.74) is 7.18. The van der Waals surface area contributed by atoms with Crippen molar-refractivity contribution in [3.8, 4) is 0 Å². The van der Waals surface area contributed by atoms with Crippen molar-refractivity contribution in [1.82, 2.24) is 5.43 Å². The highest BCUT2D eigenvalue weighted by Gasteiger charge is 2.55. The minimum Gasteiger partial charge on any atom is -0.304 e. The molecule has 0 aromatic heterocycles. The number of thioether (sulfide) groups is 1. The van der Waals surface area contributed by atoms with Gasteiger partial charge in [-0.2, -0.15) is 5.10 Å². The highest BCUT2D eigenvalue weighted by atomic mass is 32.2. The summed E-state index contributed by atoms with van der Waals surface area (Å²) in [6, 6.07) is 28.0. The van der Waals surface area contributed by atoms with Crippen LogP contribution in [-0.2, 0) is 16.2 Å². The van der Waals surface area contributed by atoms with Crippen molar-refractivity contribution in [2.24, 2.45) is 5.10 Å². The fraction of sp³-hybridized carbons (Fsp3) is 0.0909. The lowest BCUT2D eigenvalue weighted by Crippen LogP contribution is -2.44. The Morgan fingerprint density at radius 2 is 1.56 bits per heavy atom. The van der Waals surface area contributed by atoms with Crippen molar-refractivity contribution < 1.29 is 4.79 Å². The molecule has 132 valence electrons. The zero-order chi connectivity index (χ0) is 18.3. The van der Waals surface area contributed by atoms with E-state index in [9.17, 15) is 4.79 Å². The molecule has 0 bridgehead atoms. The molecule has 0 radical (unpaired) electrons. The molecule has 0 saturated heterocycles. The average Bonchev–Trinajstić information content (AvgIpc) is 3.27. The Morgan fingerprint density at radius 3 is 2.33 bits per heavy atom. The summed E-state index contributed by atoms with van der Waals surface area (Å²) in [5, 5.41) is 5.35. The van der Waals surface area contributed by atoms with Gasteiger partial charge in [0.15, 0.2) is 0 Å². The summed E-state index contributed by atoms with van der Waals surface area (Å²) >= 11 is 1.49. The fourth-order valence-electron chi connectivity index (χ4n) is 3.58. The first-order valence-electron chi connectivity index (χ1n) is 8.83. The minimum absolute atomic E-state index is 0.0206.